The summed E-state index contributed by atoms with van der Waals surface area (Å²) in [5.41, 5.74) is 4.71. The number of nitrogens with zero attached hydrogens (tertiary/aromatic N) is 3. The summed E-state index contributed by atoms with van der Waals surface area (Å²) >= 11 is 0. The minimum absolute atomic E-state index is 0.0283. The maximum absolute atomic E-state index is 13.7. The summed E-state index contributed by atoms with van der Waals surface area (Å²) in [6, 6.07) is 23.7. The van der Waals surface area contributed by atoms with Gasteiger partial charge in [-0.25, -0.2) is 9.07 Å². The highest BCUT2D eigenvalue weighted by atomic mass is 19.1. The summed E-state index contributed by atoms with van der Waals surface area (Å²) in [4.78, 5) is 28.2. The Morgan fingerprint density at radius 2 is 1.70 bits per heavy atom. The molecule has 7 heteroatoms. The van der Waals surface area contributed by atoms with Gasteiger partial charge < -0.3 is 10.2 Å². The van der Waals surface area contributed by atoms with Gasteiger partial charge in [-0.2, -0.15) is 5.10 Å². The molecule has 1 aromatic heterocycles. The maximum atomic E-state index is 13.7. The van der Waals surface area contributed by atoms with Gasteiger partial charge in [-0.1, -0.05) is 54.1 Å². The second-order valence-corrected chi connectivity index (χ2v) is 9.45. The van der Waals surface area contributed by atoms with Gasteiger partial charge in [-0.3, -0.25) is 9.59 Å². The van der Waals surface area contributed by atoms with Crippen molar-refractivity contribution < 1.29 is 14.0 Å². The van der Waals surface area contributed by atoms with Gasteiger partial charge in [0.1, 0.15) is 11.5 Å². The molecule has 37 heavy (non-hydrogen) atoms. The van der Waals surface area contributed by atoms with E-state index in [1.807, 2.05) is 61.5 Å². The molecule has 1 aliphatic rings. The van der Waals surface area contributed by atoms with E-state index in [1.165, 1.54) is 12.1 Å². The van der Waals surface area contributed by atoms with Crippen molar-refractivity contribution in [2.75, 3.05) is 13.1 Å². The van der Waals surface area contributed by atoms with E-state index >= 15 is 0 Å². The number of carbonyl (C=O) groups excluding carboxylic acids is 2. The lowest BCUT2D eigenvalue weighted by Gasteiger charge is -2.31. The molecule has 0 unspecified atom stereocenters. The van der Waals surface area contributed by atoms with Gasteiger partial charge in [-0.05, 0) is 55.7 Å². The smallest absolute Gasteiger partial charge is 0.257 e. The molecule has 0 aliphatic carbocycles. The fraction of sp³-hybridized carbons (Fsp3) is 0.233. The number of aryl methyl sites for hydroxylation is 1. The first-order valence-electron chi connectivity index (χ1n) is 12.5. The minimum Gasteiger partial charge on any atom is -0.352 e. The van der Waals surface area contributed by atoms with Crippen LogP contribution in [0.4, 0.5) is 4.39 Å². The van der Waals surface area contributed by atoms with E-state index in [1.54, 1.807) is 27.9 Å². The van der Waals surface area contributed by atoms with E-state index in [4.69, 9.17) is 5.10 Å². The summed E-state index contributed by atoms with van der Waals surface area (Å²) in [5.74, 6) is -0.540. The Balaban J connectivity index is 1.32. The highest BCUT2D eigenvalue weighted by molar-refractivity contribution is 6.00. The molecular formula is C30H29FN4O2. The first kappa shape index (κ1) is 24.4. The van der Waals surface area contributed by atoms with Crippen LogP contribution in [-0.2, 0) is 11.3 Å². The van der Waals surface area contributed by atoms with Crippen LogP contribution in [-0.4, -0.2) is 39.6 Å². The van der Waals surface area contributed by atoms with Crippen LogP contribution in [0.25, 0.3) is 16.9 Å². The Morgan fingerprint density at radius 1 is 0.973 bits per heavy atom. The van der Waals surface area contributed by atoms with Crippen molar-refractivity contribution >= 4 is 11.8 Å². The summed E-state index contributed by atoms with van der Waals surface area (Å²) < 4.78 is 15.1. The van der Waals surface area contributed by atoms with Gasteiger partial charge in [0.25, 0.3) is 5.91 Å². The predicted octanol–water partition coefficient (Wildman–Crippen LogP) is 5.16. The summed E-state index contributed by atoms with van der Waals surface area (Å²) in [6.45, 7) is 3.49. The monoisotopic (exact) mass is 496 g/mol. The average Bonchev–Trinajstić information content (AvgIpc) is 3.38. The quantitative estimate of drug-likeness (QED) is 0.401. The van der Waals surface area contributed by atoms with E-state index in [0.29, 0.717) is 49.4 Å². The number of halogens is 1. The Kier molecular flexibility index (Phi) is 7.12. The van der Waals surface area contributed by atoms with Gasteiger partial charge in [0.05, 0.1) is 11.3 Å². The Labute approximate surface area is 215 Å². The van der Waals surface area contributed by atoms with E-state index < -0.39 is 0 Å². The normalized spacial score (nSPS) is 13.9. The molecular weight excluding hydrogens is 467 g/mol. The van der Waals surface area contributed by atoms with Crippen LogP contribution in [0.3, 0.4) is 0 Å². The molecule has 1 saturated heterocycles. The van der Waals surface area contributed by atoms with Gasteiger partial charge in [0.15, 0.2) is 0 Å². The Morgan fingerprint density at radius 3 is 2.41 bits per heavy atom. The average molecular weight is 497 g/mol. The molecule has 0 radical (unpaired) electrons. The Bertz CT molecular complexity index is 1390. The van der Waals surface area contributed by atoms with Crippen molar-refractivity contribution in [3.05, 3.63) is 108 Å². The molecule has 188 valence electrons. The van der Waals surface area contributed by atoms with E-state index in [-0.39, 0.29) is 23.5 Å². The Hall–Kier alpha value is -4.26. The number of carbonyl (C=O) groups is 2. The van der Waals surface area contributed by atoms with Crippen LogP contribution in [0.2, 0.25) is 0 Å². The van der Waals surface area contributed by atoms with Gasteiger partial charge in [0, 0.05) is 37.3 Å². The molecule has 0 saturated carbocycles. The molecule has 1 fully saturated rings. The molecule has 4 aromatic rings. The third-order valence-electron chi connectivity index (χ3n) is 6.79. The summed E-state index contributed by atoms with van der Waals surface area (Å²) in [6.07, 6.45) is 2.93. The van der Waals surface area contributed by atoms with E-state index in [0.717, 1.165) is 16.7 Å². The van der Waals surface area contributed by atoms with Gasteiger partial charge in [0.2, 0.25) is 5.91 Å². The first-order chi connectivity index (χ1) is 18.0. The second kappa shape index (κ2) is 10.8. The summed E-state index contributed by atoms with van der Waals surface area (Å²) in [7, 11) is 0. The highest BCUT2D eigenvalue weighted by Crippen LogP contribution is 2.28. The summed E-state index contributed by atoms with van der Waals surface area (Å²) in [5, 5.41) is 7.74. The number of rotatable bonds is 6. The molecule has 2 heterocycles. The molecule has 0 atom stereocenters. The standard InChI is InChI=1S/C30H29FN4O2/c1-21-6-5-9-24(18-21)28-27(20-35(33-28)26-12-10-25(31)11-13-26)30(37)34-16-14-23(15-17-34)29(36)32-19-22-7-3-2-4-8-22/h2-13,18,20,23H,14-17,19H2,1H3,(H,32,36). The van der Waals surface area contributed by atoms with Crippen LogP contribution in [0.15, 0.2) is 85.1 Å². The number of benzene rings is 3. The molecule has 5 rings (SSSR count). The van der Waals surface area contributed by atoms with Crippen LogP contribution in [0.5, 0.6) is 0 Å². The number of aromatic nitrogens is 2. The lowest BCUT2D eigenvalue weighted by Crippen LogP contribution is -2.43. The van der Waals surface area contributed by atoms with Crippen LogP contribution >= 0.6 is 0 Å². The molecule has 1 N–H and O–H groups in total. The number of amides is 2. The first-order valence-corrected chi connectivity index (χ1v) is 12.5. The highest BCUT2D eigenvalue weighted by Gasteiger charge is 2.30. The number of hydrogen-bond donors (Lipinski definition) is 1. The lowest BCUT2D eigenvalue weighted by atomic mass is 9.95. The largest absolute Gasteiger partial charge is 0.352 e. The topological polar surface area (TPSA) is 67.2 Å². The third-order valence-corrected chi connectivity index (χ3v) is 6.79. The number of hydrogen-bond acceptors (Lipinski definition) is 3. The van der Waals surface area contributed by atoms with Crippen LogP contribution in [0.1, 0.15) is 34.3 Å². The van der Waals surface area contributed by atoms with Gasteiger partial charge in [-0.15, -0.1) is 0 Å². The SMILES string of the molecule is Cc1cccc(-c2nn(-c3ccc(F)cc3)cc2C(=O)N2CCC(C(=O)NCc3ccccc3)CC2)c1. The predicted molar refractivity (Wildman–Crippen MR) is 141 cm³/mol. The van der Waals surface area contributed by atoms with Crippen LogP contribution in [0, 0.1) is 18.7 Å². The van der Waals surface area contributed by atoms with Crippen molar-refractivity contribution in [2.24, 2.45) is 5.92 Å². The van der Waals surface area contributed by atoms with Crippen molar-refractivity contribution in [1.29, 1.82) is 0 Å². The zero-order valence-electron chi connectivity index (χ0n) is 20.7. The molecule has 2 amide bonds. The molecule has 1 aliphatic heterocycles. The van der Waals surface area contributed by atoms with Crippen molar-refractivity contribution in [3.8, 4) is 16.9 Å². The minimum atomic E-state index is -0.332. The molecule has 0 bridgehead atoms. The number of likely N-dealkylation sites (tertiary alicyclic amines) is 1. The fourth-order valence-electron chi connectivity index (χ4n) is 4.71. The molecule has 0 spiro atoms. The van der Waals surface area contributed by atoms with Gasteiger partial charge >= 0.3 is 0 Å². The maximum Gasteiger partial charge on any atom is 0.257 e. The third kappa shape index (κ3) is 5.61. The van der Waals surface area contributed by atoms with E-state index in [2.05, 4.69) is 5.32 Å². The van der Waals surface area contributed by atoms with Crippen molar-refractivity contribution in [2.45, 2.75) is 26.3 Å². The van der Waals surface area contributed by atoms with Crippen molar-refractivity contribution in [1.82, 2.24) is 20.0 Å². The number of nitrogens with one attached hydrogen (secondary N) is 1. The zero-order valence-corrected chi connectivity index (χ0v) is 20.7. The van der Waals surface area contributed by atoms with E-state index in [9.17, 15) is 14.0 Å². The number of piperidine rings is 1. The van der Waals surface area contributed by atoms with Crippen molar-refractivity contribution in [3.63, 3.8) is 0 Å². The second-order valence-electron chi connectivity index (χ2n) is 9.45. The fourth-order valence-corrected chi connectivity index (χ4v) is 4.71. The zero-order chi connectivity index (χ0) is 25.8. The molecule has 6 nitrogen and oxygen atoms in total. The van der Waals surface area contributed by atoms with Crippen LogP contribution < -0.4 is 5.32 Å². The lowest BCUT2D eigenvalue weighted by molar-refractivity contribution is -0.126. The molecule has 3 aromatic carbocycles.